The maximum atomic E-state index is 6.12. The fraction of sp³-hybridized carbons (Fsp3) is 0.556. The molecule has 0 bridgehead atoms. The molecular weight excluding hydrogens is 368 g/mol. The van der Waals surface area contributed by atoms with Gasteiger partial charge in [0, 0.05) is 12.2 Å². The topological polar surface area (TPSA) is 24.5 Å². The zero-order valence-electron chi connectivity index (χ0n) is 20.3. The zero-order valence-corrected chi connectivity index (χ0v) is 20.3. The van der Waals surface area contributed by atoms with Gasteiger partial charge in [-0.1, -0.05) is 65.1 Å². The summed E-state index contributed by atoms with van der Waals surface area (Å²) in [6.45, 7) is 21.0. The van der Waals surface area contributed by atoms with Gasteiger partial charge >= 0.3 is 0 Å². The summed E-state index contributed by atoms with van der Waals surface area (Å²) in [5, 5.41) is 3.48. The van der Waals surface area contributed by atoms with Crippen LogP contribution in [0.4, 0.5) is 0 Å². The minimum atomic E-state index is 0.185. The lowest BCUT2D eigenvalue weighted by Crippen LogP contribution is -2.32. The summed E-state index contributed by atoms with van der Waals surface area (Å²) < 4.78 is 6.12. The molecule has 0 spiro atoms. The quantitative estimate of drug-likeness (QED) is 0.193. The van der Waals surface area contributed by atoms with Crippen LogP contribution in [0, 0.1) is 5.92 Å². The average Bonchev–Trinajstić information content (AvgIpc) is 2.73. The lowest BCUT2D eigenvalue weighted by Gasteiger charge is -2.25. The molecular formula is C27H44N2O. The van der Waals surface area contributed by atoms with Crippen LogP contribution >= 0.6 is 0 Å². The van der Waals surface area contributed by atoms with Gasteiger partial charge in [0.1, 0.15) is 11.5 Å². The Morgan fingerprint density at radius 1 is 1.17 bits per heavy atom. The Morgan fingerprint density at radius 3 is 2.53 bits per heavy atom. The molecule has 0 saturated carbocycles. The summed E-state index contributed by atoms with van der Waals surface area (Å²) in [4.78, 5) is 2.22. The van der Waals surface area contributed by atoms with Crippen molar-refractivity contribution in [3.63, 3.8) is 0 Å². The van der Waals surface area contributed by atoms with E-state index in [-0.39, 0.29) is 6.04 Å². The van der Waals surface area contributed by atoms with Gasteiger partial charge in [-0.05, 0) is 75.7 Å². The van der Waals surface area contributed by atoms with Crippen LogP contribution in [-0.4, -0.2) is 24.5 Å². The normalized spacial score (nSPS) is 12.5. The molecule has 0 aliphatic heterocycles. The van der Waals surface area contributed by atoms with Gasteiger partial charge in [-0.15, -0.1) is 0 Å². The van der Waals surface area contributed by atoms with Gasteiger partial charge in [0.25, 0.3) is 0 Å². The fourth-order valence-electron chi connectivity index (χ4n) is 3.15. The number of hydrogen-bond acceptors (Lipinski definition) is 3. The molecule has 0 amide bonds. The van der Waals surface area contributed by atoms with Crippen LogP contribution in [0.1, 0.15) is 71.4 Å². The highest BCUT2D eigenvalue weighted by atomic mass is 16.5. The molecule has 0 saturated heterocycles. The molecule has 0 aliphatic rings. The fourth-order valence-corrected chi connectivity index (χ4v) is 3.15. The number of nitrogens with zero attached hydrogens (tertiary/aromatic N) is 1. The molecule has 30 heavy (non-hydrogen) atoms. The predicted octanol–water partition coefficient (Wildman–Crippen LogP) is 6.86. The number of allylic oxidation sites excluding steroid dienone is 3. The van der Waals surface area contributed by atoms with Crippen molar-refractivity contribution < 1.29 is 4.74 Å². The Bertz CT molecular complexity index is 690. The Hall–Kier alpha value is -2.00. The summed E-state index contributed by atoms with van der Waals surface area (Å²) in [5.41, 5.74) is 3.58. The maximum absolute atomic E-state index is 6.12. The third-order valence-electron chi connectivity index (χ3n) is 5.54. The second kappa shape index (κ2) is 14.1. The van der Waals surface area contributed by atoms with Gasteiger partial charge in [0.05, 0.1) is 6.04 Å². The third-order valence-corrected chi connectivity index (χ3v) is 5.54. The number of unbranched alkanes of at least 4 members (excludes halogenated alkanes) is 2. The van der Waals surface area contributed by atoms with Crippen LogP contribution in [0.15, 0.2) is 55.0 Å². The smallest absolute Gasteiger partial charge is 0.130 e. The molecule has 0 aliphatic carbocycles. The zero-order chi connectivity index (χ0) is 22.5. The van der Waals surface area contributed by atoms with Gasteiger partial charge in [-0.2, -0.15) is 0 Å². The van der Waals surface area contributed by atoms with Gasteiger partial charge in [-0.25, -0.2) is 0 Å². The first-order valence-electron chi connectivity index (χ1n) is 11.5. The molecule has 1 unspecified atom stereocenters. The molecule has 3 nitrogen and oxygen atoms in total. The third kappa shape index (κ3) is 9.67. The van der Waals surface area contributed by atoms with Gasteiger partial charge < -0.3 is 10.1 Å². The van der Waals surface area contributed by atoms with Crippen molar-refractivity contribution in [3.05, 3.63) is 66.1 Å². The molecule has 1 rings (SSSR count). The number of aryl methyl sites for hydroxylation is 1. The lowest BCUT2D eigenvalue weighted by atomic mass is 10.1. The standard InChI is InChI=1S/C27H44N2O/c1-9-26-19-25(17-18-27(26)30-24(7)23(6)29(8)10-2)20-28-22(5)16-14-12-11-13-15-21(3)4/h13,15,17-19,21,23,28H,5,7,9-12,14,16,20H2,1-4,6,8H3/b15-13+. The number of benzene rings is 1. The van der Waals surface area contributed by atoms with E-state index < -0.39 is 0 Å². The van der Waals surface area contributed by atoms with Crippen LogP contribution in [0.25, 0.3) is 0 Å². The van der Waals surface area contributed by atoms with Crippen LogP contribution in [0.3, 0.4) is 0 Å². The van der Waals surface area contributed by atoms with Gasteiger partial charge in [0.2, 0.25) is 0 Å². The molecule has 168 valence electrons. The first-order valence-corrected chi connectivity index (χ1v) is 11.5. The minimum Gasteiger partial charge on any atom is -0.460 e. The highest BCUT2D eigenvalue weighted by Gasteiger charge is 2.14. The highest BCUT2D eigenvalue weighted by Crippen LogP contribution is 2.24. The number of nitrogens with one attached hydrogen (secondary N) is 1. The molecule has 0 fully saturated rings. The van der Waals surface area contributed by atoms with E-state index in [1.807, 2.05) is 0 Å². The lowest BCUT2D eigenvalue weighted by molar-refractivity contribution is 0.240. The van der Waals surface area contributed by atoms with Crippen LogP contribution in [0.2, 0.25) is 0 Å². The Balaban J connectivity index is 2.50. The number of likely N-dealkylation sites (N-methyl/N-ethyl adjacent to an activating group) is 1. The minimum absolute atomic E-state index is 0.185. The van der Waals surface area contributed by atoms with E-state index in [9.17, 15) is 0 Å². The molecule has 1 aromatic rings. The predicted molar refractivity (Wildman–Crippen MR) is 132 cm³/mol. The van der Waals surface area contributed by atoms with Crippen LogP contribution in [-0.2, 0) is 13.0 Å². The van der Waals surface area contributed by atoms with E-state index in [1.165, 1.54) is 24.0 Å². The highest BCUT2D eigenvalue weighted by molar-refractivity contribution is 5.38. The van der Waals surface area contributed by atoms with Crippen molar-refractivity contribution in [1.29, 1.82) is 0 Å². The summed E-state index contributed by atoms with van der Waals surface area (Å²) in [6, 6.07) is 6.62. The van der Waals surface area contributed by atoms with E-state index in [4.69, 9.17) is 4.74 Å². The van der Waals surface area contributed by atoms with E-state index in [2.05, 4.69) is 95.4 Å². The average molecular weight is 413 g/mol. The maximum Gasteiger partial charge on any atom is 0.130 e. The summed E-state index contributed by atoms with van der Waals surface area (Å²) in [5.74, 6) is 2.35. The number of ether oxygens (including phenoxy) is 1. The van der Waals surface area contributed by atoms with Gasteiger partial charge in [0.15, 0.2) is 0 Å². The van der Waals surface area contributed by atoms with Crippen molar-refractivity contribution in [1.82, 2.24) is 10.2 Å². The van der Waals surface area contributed by atoms with E-state index in [1.54, 1.807) is 0 Å². The SMILES string of the molecule is C=C(CCCC/C=C/C(C)C)NCc1ccc(OC(=C)C(C)N(C)CC)c(CC)c1. The summed E-state index contributed by atoms with van der Waals surface area (Å²) in [7, 11) is 2.09. The molecule has 0 heterocycles. The van der Waals surface area contributed by atoms with Crippen LogP contribution in [0.5, 0.6) is 5.75 Å². The van der Waals surface area contributed by atoms with Crippen LogP contribution < -0.4 is 10.1 Å². The second-order valence-electron chi connectivity index (χ2n) is 8.49. The van der Waals surface area contributed by atoms with E-state index >= 15 is 0 Å². The summed E-state index contributed by atoms with van der Waals surface area (Å²) >= 11 is 0. The molecule has 3 heteroatoms. The van der Waals surface area contributed by atoms with E-state index in [0.29, 0.717) is 5.92 Å². The number of hydrogen-bond donors (Lipinski definition) is 1. The molecule has 1 aromatic carbocycles. The molecule has 1 atom stereocenters. The van der Waals surface area contributed by atoms with Crippen molar-refractivity contribution in [3.8, 4) is 5.75 Å². The molecule has 0 radical (unpaired) electrons. The first kappa shape index (κ1) is 26.0. The molecule has 0 aromatic heterocycles. The Morgan fingerprint density at radius 2 is 1.90 bits per heavy atom. The second-order valence-corrected chi connectivity index (χ2v) is 8.49. The Labute approximate surface area is 185 Å². The van der Waals surface area contributed by atoms with Gasteiger partial charge in [-0.3, -0.25) is 4.90 Å². The largest absolute Gasteiger partial charge is 0.460 e. The van der Waals surface area contributed by atoms with Crippen molar-refractivity contribution in [2.24, 2.45) is 5.92 Å². The monoisotopic (exact) mass is 412 g/mol. The Kier molecular flexibility index (Phi) is 12.2. The van der Waals surface area contributed by atoms with E-state index in [0.717, 1.165) is 49.6 Å². The first-order chi connectivity index (χ1) is 14.3. The number of rotatable bonds is 15. The van der Waals surface area contributed by atoms with Crippen molar-refractivity contribution >= 4 is 0 Å². The summed E-state index contributed by atoms with van der Waals surface area (Å²) in [6.07, 6.45) is 10.1. The molecule has 1 N–H and O–H groups in total. The van der Waals surface area contributed by atoms with Crippen molar-refractivity contribution in [2.45, 2.75) is 79.3 Å². The van der Waals surface area contributed by atoms with Crippen molar-refractivity contribution in [2.75, 3.05) is 13.6 Å².